The lowest BCUT2D eigenvalue weighted by atomic mass is 10.2. The van der Waals surface area contributed by atoms with Gasteiger partial charge in [-0.05, 0) is 25.0 Å². The van der Waals surface area contributed by atoms with Crippen LogP contribution in [0.1, 0.15) is 23.3 Å². The van der Waals surface area contributed by atoms with E-state index < -0.39 is 28.2 Å². The van der Waals surface area contributed by atoms with Crippen LogP contribution < -0.4 is 4.31 Å². The lowest BCUT2D eigenvalue weighted by Gasteiger charge is -2.46. The number of hydrogen-bond acceptors (Lipinski definition) is 7. The molecule has 0 atom stereocenters. The molecule has 0 saturated carbocycles. The quantitative estimate of drug-likeness (QED) is 0.662. The Hall–Kier alpha value is -2.10. The first-order valence-electron chi connectivity index (χ1n) is 6.66. The zero-order valence-electron chi connectivity index (χ0n) is 11.5. The van der Waals surface area contributed by atoms with Crippen LogP contribution in [0.25, 0.3) is 10.9 Å². The molecule has 1 saturated heterocycles. The lowest BCUT2D eigenvalue weighted by Crippen LogP contribution is -2.35. The molecule has 1 aliphatic heterocycles. The minimum atomic E-state index is -3.05. The zero-order chi connectivity index (χ0) is 15.9. The van der Waals surface area contributed by atoms with Crippen molar-refractivity contribution in [1.82, 2.24) is 9.97 Å². The first-order chi connectivity index (χ1) is 10.4. The second-order valence-corrected chi connectivity index (χ2v) is 7.10. The molecule has 0 bridgehead atoms. The number of aromatic carboxylic acids is 1. The van der Waals surface area contributed by atoms with Gasteiger partial charge in [-0.15, -0.1) is 10.8 Å². The minimum Gasteiger partial charge on any atom is -0.504 e. The van der Waals surface area contributed by atoms with Crippen LogP contribution in [0.15, 0.2) is 18.3 Å². The van der Waals surface area contributed by atoms with E-state index in [1.165, 1.54) is 10.5 Å². The van der Waals surface area contributed by atoms with Crippen molar-refractivity contribution in [2.24, 2.45) is 0 Å². The van der Waals surface area contributed by atoms with E-state index in [4.69, 9.17) is 0 Å². The molecule has 118 valence electrons. The molecule has 0 radical (unpaired) electrons. The maximum absolute atomic E-state index is 11.3. The van der Waals surface area contributed by atoms with Crippen molar-refractivity contribution in [3.05, 3.63) is 24.0 Å². The number of aromatic hydroxyl groups is 1. The standard InChI is InChI=1S/C13H15N3O5S/c17-11-9-8(4-3-5-14-9)12(15-10(11)13(18)19)16-6-1-2-7-22(16,20)21/h3-5,17,20-21H,1-2,6-7H2,(H,18,19). The molecule has 2 aromatic heterocycles. The van der Waals surface area contributed by atoms with Gasteiger partial charge in [-0.1, -0.05) is 0 Å². The van der Waals surface area contributed by atoms with Crippen LogP contribution in [0.3, 0.4) is 0 Å². The number of rotatable bonds is 2. The van der Waals surface area contributed by atoms with Gasteiger partial charge >= 0.3 is 5.97 Å². The molecule has 22 heavy (non-hydrogen) atoms. The van der Waals surface area contributed by atoms with Crippen molar-refractivity contribution >= 4 is 33.5 Å². The Balaban J connectivity index is 2.28. The Morgan fingerprint density at radius 2 is 2.09 bits per heavy atom. The predicted octanol–water partition coefficient (Wildman–Crippen LogP) is 2.30. The van der Waals surface area contributed by atoms with Crippen LogP contribution >= 0.6 is 10.8 Å². The lowest BCUT2D eigenvalue weighted by molar-refractivity contribution is 0.0687. The van der Waals surface area contributed by atoms with Gasteiger partial charge in [0.05, 0.1) is 5.75 Å². The van der Waals surface area contributed by atoms with Gasteiger partial charge in [-0.3, -0.25) is 18.4 Å². The van der Waals surface area contributed by atoms with Crippen LogP contribution in [0.5, 0.6) is 5.75 Å². The summed E-state index contributed by atoms with van der Waals surface area (Å²) < 4.78 is 21.8. The summed E-state index contributed by atoms with van der Waals surface area (Å²) >= 11 is 0. The fourth-order valence-corrected chi connectivity index (χ4v) is 4.15. The number of nitrogens with zero attached hydrogens (tertiary/aromatic N) is 3. The highest BCUT2D eigenvalue weighted by molar-refractivity contribution is 8.25. The van der Waals surface area contributed by atoms with Gasteiger partial charge < -0.3 is 10.2 Å². The highest BCUT2D eigenvalue weighted by Gasteiger charge is 2.31. The first kappa shape index (κ1) is 14.8. The third kappa shape index (κ3) is 2.32. The largest absolute Gasteiger partial charge is 0.504 e. The van der Waals surface area contributed by atoms with Crippen molar-refractivity contribution in [3.8, 4) is 5.75 Å². The van der Waals surface area contributed by atoms with Gasteiger partial charge in [0.15, 0.2) is 17.3 Å². The molecule has 0 amide bonds. The maximum atomic E-state index is 11.3. The fourth-order valence-electron chi connectivity index (χ4n) is 2.50. The number of pyridine rings is 2. The van der Waals surface area contributed by atoms with Crippen molar-refractivity contribution in [2.75, 3.05) is 16.6 Å². The Morgan fingerprint density at radius 1 is 1.32 bits per heavy atom. The molecule has 3 rings (SSSR count). The van der Waals surface area contributed by atoms with E-state index in [2.05, 4.69) is 9.97 Å². The van der Waals surface area contributed by atoms with Crippen LogP contribution in [-0.4, -0.2) is 47.6 Å². The Labute approximate surface area is 127 Å². The smallest absolute Gasteiger partial charge is 0.358 e. The average molecular weight is 325 g/mol. The van der Waals surface area contributed by atoms with Crippen molar-refractivity contribution in [1.29, 1.82) is 0 Å². The summed E-state index contributed by atoms with van der Waals surface area (Å²) in [4.78, 5) is 19.2. The predicted molar refractivity (Wildman–Crippen MR) is 82.5 cm³/mol. The molecule has 3 heterocycles. The molecule has 0 aromatic carbocycles. The third-order valence-electron chi connectivity index (χ3n) is 3.54. The zero-order valence-corrected chi connectivity index (χ0v) is 12.3. The van der Waals surface area contributed by atoms with Crippen molar-refractivity contribution < 1.29 is 24.1 Å². The SMILES string of the molecule is O=C(O)c1nc(N2CCCCS2(O)O)c2cccnc2c1O. The molecule has 8 nitrogen and oxygen atoms in total. The topological polar surface area (TPSA) is 127 Å². The molecule has 0 unspecified atom stereocenters. The molecule has 4 N–H and O–H groups in total. The highest BCUT2D eigenvalue weighted by atomic mass is 32.3. The van der Waals surface area contributed by atoms with Crippen molar-refractivity contribution in [2.45, 2.75) is 12.8 Å². The molecule has 2 aromatic rings. The van der Waals surface area contributed by atoms with Gasteiger partial charge in [0.25, 0.3) is 0 Å². The van der Waals surface area contributed by atoms with Gasteiger partial charge in [-0.25, -0.2) is 9.78 Å². The summed E-state index contributed by atoms with van der Waals surface area (Å²) in [6.45, 7) is 0.350. The second-order valence-electron chi connectivity index (χ2n) is 4.98. The van der Waals surface area contributed by atoms with Crippen molar-refractivity contribution in [3.63, 3.8) is 0 Å². The van der Waals surface area contributed by atoms with E-state index in [0.29, 0.717) is 18.4 Å². The Kier molecular flexibility index (Phi) is 3.55. The highest BCUT2D eigenvalue weighted by Crippen LogP contribution is 2.51. The molecular formula is C13H15N3O5S. The van der Waals surface area contributed by atoms with Crippen LogP contribution in [0, 0.1) is 0 Å². The summed E-state index contributed by atoms with van der Waals surface area (Å²) in [6, 6.07) is 3.23. The minimum absolute atomic E-state index is 0.0747. The summed E-state index contributed by atoms with van der Waals surface area (Å²) in [5, 5.41) is 19.6. The summed E-state index contributed by atoms with van der Waals surface area (Å²) in [6.07, 6.45) is 2.84. The van der Waals surface area contributed by atoms with Gasteiger partial charge in [-0.2, -0.15) is 0 Å². The van der Waals surface area contributed by atoms with Crippen LogP contribution in [0.4, 0.5) is 5.82 Å². The number of hydrogen-bond donors (Lipinski definition) is 4. The number of carboxylic acids is 1. The summed E-state index contributed by atoms with van der Waals surface area (Å²) in [7, 11) is -3.05. The summed E-state index contributed by atoms with van der Waals surface area (Å²) in [5.74, 6) is -1.60. The van der Waals surface area contributed by atoms with E-state index in [9.17, 15) is 24.1 Å². The second kappa shape index (κ2) is 5.27. The van der Waals surface area contributed by atoms with E-state index in [1.807, 2.05) is 0 Å². The number of aromatic nitrogens is 2. The monoisotopic (exact) mass is 325 g/mol. The normalized spacial score (nSPS) is 19.1. The number of carbonyl (C=O) groups is 1. The molecule has 1 fully saturated rings. The first-order valence-corrected chi connectivity index (χ1v) is 8.33. The van der Waals surface area contributed by atoms with Gasteiger partial charge in [0.2, 0.25) is 0 Å². The molecule has 0 spiro atoms. The van der Waals surface area contributed by atoms with Crippen LogP contribution in [0.2, 0.25) is 0 Å². The number of carboxylic acid groups (broad SMARTS) is 1. The summed E-state index contributed by atoms with van der Waals surface area (Å²) in [5.41, 5.74) is -0.479. The Morgan fingerprint density at radius 3 is 2.77 bits per heavy atom. The molecular weight excluding hydrogens is 310 g/mol. The van der Waals surface area contributed by atoms with E-state index >= 15 is 0 Å². The Bertz CT molecular complexity index is 752. The van der Waals surface area contributed by atoms with Crippen LogP contribution in [-0.2, 0) is 0 Å². The van der Waals surface area contributed by atoms with E-state index in [0.717, 1.165) is 6.42 Å². The van der Waals surface area contributed by atoms with E-state index in [1.54, 1.807) is 12.1 Å². The number of fused-ring (bicyclic) bond motifs is 1. The molecule has 0 aliphatic carbocycles. The maximum Gasteiger partial charge on any atom is 0.358 e. The molecule has 9 heteroatoms. The number of anilines is 1. The third-order valence-corrected chi connectivity index (χ3v) is 5.43. The fraction of sp³-hybridized carbons (Fsp3) is 0.308. The molecule has 1 aliphatic rings. The van der Waals surface area contributed by atoms with Gasteiger partial charge in [0, 0.05) is 18.1 Å². The van der Waals surface area contributed by atoms with Gasteiger partial charge in [0.1, 0.15) is 5.52 Å². The van der Waals surface area contributed by atoms with E-state index in [-0.39, 0.29) is 17.1 Å². The average Bonchev–Trinajstić information content (AvgIpc) is 2.48.